The Balaban J connectivity index is 2.21. The summed E-state index contributed by atoms with van der Waals surface area (Å²) in [5.41, 5.74) is 3.52. The van der Waals surface area contributed by atoms with Crippen LogP contribution in [0, 0.1) is 11.3 Å². The van der Waals surface area contributed by atoms with E-state index < -0.39 is 24.1 Å². The van der Waals surface area contributed by atoms with Gasteiger partial charge in [-0.3, -0.25) is 4.90 Å². The molecule has 6 nitrogen and oxygen atoms in total. The number of fused-ring (bicyclic) bond motifs is 3. The van der Waals surface area contributed by atoms with E-state index >= 15 is 0 Å². The van der Waals surface area contributed by atoms with E-state index in [1.807, 2.05) is 54.6 Å². The van der Waals surface area contributed by atoms with E-state index in [1.165, 1.54) is 7.11 Å². The summed E-state index contributed by atoms with van der Waals surface area (Å²) in [5.74, 6) is -1.24. The second-order valence-electron chi connectivity index (χ2n) is 5.67. The highest BCUT2D eigenvalue weighted by Crippen LogP contribution is 2.47. The van der Waals surface area contributed by atoms with Crippen LogP contribution in [0.1, 0.15) is 23.6 Å². The van der Waals surface area contributed by atoms with Crippen molar-refractivity contribution in [3.63, 3.8) is 0 Å². The van der Waals surface area contributed by atoms with Gasteiger partial charge < -0.3 is 9.84 Å². The number of nitriles is 1. The summed E-state index contributed by atoms with van der Waals surface area (Å²) in [6, 6.07) is 15.0. The lowest BCUT2D eigenvalue weighted by Crippen LogP contribution is -2.47. The Bertz CT molecular complexity index is 826. The van der Waals surface area contributed by atoms with Gasteiger partial charge in [0.05, 0.1) is 25.6 Å². The van der Waals surface area contributed by atoms with E-state index in [9.17, 15) is 14.7 Å². The first-order chi connectivity index (χ1) is 12.1. The van der Waals surface area contributed by atoms with Gasteiger partial charge in [0, 0.05) is 0 Å². The Morgan fingerprint density at radius 2 is 1.68 bits per heavy atom. The molecule has 0 bridgehead atoms. The zero-order chi connectivity index (χ0) is 18.0. The average Bonchev–Trinajstić information content (AvgIpc) is 2.96. The highest BCUT2D eigenvalue weighted by Gasteiger charge is 2.42. The molecule has 1 aliphatic rings. The number of rotatable bonds is 4. The number of hydrogen-bond acceptors (Lipinski definition) is 4. The van der Waals surface area contributed by atoms with Crippen molar-refractivity contribution in [2.75, 3.05) is 7.11 Å². The predicted molar refractivity (Wildman–Crippen MR) is 89.6 cm³/mol. The van der Waals surface area contributed by atoms with E-state index in [0.29, 0.717) is 0 Å². The Labute approximate surface area is 144 Å². The Hall–Kier alpha value is -3.33. The molecule has 0 heterocycles. The molecule has 1 aliphatic carbocycles. The first-order valence-corrected chi connectivity index (χ1v) is 7.74. The number of carboxylic acids is 1. The fourth-order valence-corrected chi connectivity index (χ4v) is 3.34. The molecule has 6 heteroatoms. The zero-order valence-corrected chi connectivity index (χ0v) is 13.5. The minimum atomic E-state index is -1.30. The van der Waals surface area contributed by atoms with E-state index in [0.717, 1.165) is 27.2 Å². The van der Waals surface area contributed by atoms with Crippen molar-refractivity contribution in [2.24, 2.45) is 0 Å². The van der Waals surface area contributed by atoms with Gasteiger partial charge in [0.15, 0.2) is 0 Å². The van der Waals surface area contributed by atoms with Gasteiger partial charge in [0.25, 0.3) is 0 Å². The summed E-state index contributed by atoms with van der Waals surface area (Å²) in [4.78, 5) is 25.4. The number of methoxy groups -OCH3 is 1. The molecule has 0 fully saturated rings. The van der Waals surface area contributed by atoms with Gasteiger partial charge in [-0.1, -0.05) is 48.5 Å². The third-order valence-corrected chi connectivity index (χ3v) is 4.37. The van der Waals surface area contributed by atoms with Crippen molar-refractivity contribution >= 4 is 12.1 Å². The number of nitrogens with zero attached hydrogens (tertiary/aromatic N) is 2. The van der Waals surface area contributed by atoms with Crippen LogP contribution in [-0.4, -0.2) is 35.2 Å². The maximum atomic E-state index is 12.5. The van der Waals surface area contributed by atoms with Crippen molar-refractivity contribution in [1.29, 1.82) is 5.26 Å². The fourth-order valence-electron chi connectivity index (χ4n) is 3.34. The summed E-state index contributed by atoms with van der Waals surface area (Å²) >= 11 is 0. The molecular weight excluding hydrogens is 320 g/mol. The molecule has 0 unspecified atom stereocenters. The number of carbonyl (C=O) groups excluding carboxylic acids is 1. The second kappa shape index (κ2) is 6.65. The molecule has 126 valence electrons. The van der Waals surface area contributed by atoms with Gasteiger partial charge in [-0.05, 0) is 22.3 Å². The standard InChI is InChI=1S/C19H16N2O4/c1-25-19(24)21(16(10-11-20)18(22)23)17-14-8-4-2-6-12(14)13-7-3-5-9-15(13)17/h2-9,16-17H,10H2,1H3,(H,22,23)/t16-/m0/s1. The molecule has 2 aromatic carbocycles. The maximum absolute atomic E-state index is 12.5. The van der Waals surface area contributed by atoms with Crippen LogP contribution in [0.3, 0.4) is 0 Å². The van der Waals surface area contributed by atoms with Crippen LogP contribution in [0.5, 0.6) is 0 Å². The smallest absolute Gasteiger partial charge is 0.411 e. The number of hydrogen-bond donors (Lipinski definition) is 1. The van der Waals surface area contributed by atoms with Gasteiger partial charge in [-0.15, -0.1) is 0 Å². The summed E-state index contributed by atoms with van der Waals surface area (Å²) in [6.45, 7) is 0. The number of ether oxygens (including phenoxy) is 1. The minimum absolute atomic E-state index is 0.328. The third-order valence-electron chi connectivity index (χ3n) is 4.37. The van der Waals surface area contributed by atoms with Crippen LogP contribution in [0.2, 0.25) is 0 Å². The maximum Gasteiger partial charge on any atom is 0.411 e. The lowest BCUT2D eigenvalue weighted by molar-refractivity contribution is -0.143. The molecule has 1 amide bonds. The lowest BCUT2D eigenvalue weighted by Gasteiger charge is -2.33. The number of carboxylic acid groups (broad SMARTS) is 1. The summed E-state index contributed by atoms with van der Waals surface area (Å²) in [7, 11) is 1.20. The monoisotopic (exact) mass is 336 g/mol. The van der Waals surface area contributed by atoms with Crippen molar-refractivity contribution < 1.29 is 19.4 Å². The average molecular weight is 336 g/mol. The second-order valence-corrected chi connectivity index (χ2v) is 5.67. The molecule has 0 aromatic heterocycles. The van der Waals surface area contributed by atoms with Crippen LogP contribution in [0.4, 0.5) is 4.79 Å². The van der Waals surface area contributed by atoms with E-state index in [4.69, 9.17) is 10.00 Å². The Morgan fingerprint density at radius 1 is 1.16 bits per heavy atom. The van der Waals surface area contributed by atoms with E-state index in [-0.39, 0.29) is 6.42 Å². The van der Waals surface area contributed by atoms with Crippen LogP contribution in [-0.2, 0) is 9.53 Å². The van der Waals surface area contributed by atoms with Crippen LogP contribution >= 0.6 is 0 Å². The molecule has 3 rings (SSSR count). The predicted octanol–water partition coefficient (Wildman–Crippen LogP) is 3.19. The van der Waals surface area contributed by atoms with Gasteiger partial charge in [-0.2, -0.15) is 5.26 Å². The molecule has 0 aliphatic heterocycles. The third kappa shape index (κ3) is 2.70. The van der Waals surface area contributed by atoms with Gasteiger partial charge in [0.1, 0.15) is 6.04 Å². The molecule has 25 heavy (non-hydrogen) atoms. The van der Waals surface area contributed by atoms with Crippen molar-refractivity contribution in [3.05, 3.63) is 59.7 Å². The summed E-state index contributed by atoms with van der Waals surface area (Å²) in [5, 5.41) is 18.6. The zero-order valence-electron chi connectivity index (χ0n) is 13.5. The van der Waals surface area contributed by atoms with Crippen LogP contribution in [0.25, 0.3) is 11.1 Å². The molecule has 1 N–H and O–H groups in total. The number of aliphatic carboxylic acids is 1. The molecule has 0 saturated heterocycles. The summed E-state index contributed by atoms with van der Waals surface area (Å²) in [6.07, 6.45) is -1.11. The topological polar surface area (TPSA) is 90.6 Å². The quantitative estimate of drug-likeness (QED) is 0.926. The summed E-state index contributed by atoms with van der Waals surface area (Å²) < 4.78 is 4.85. The molecule has 0 radical (unpaired) electrons. The molecule has 2 aromatic rings. The van der Waals surface area contributed by atoms with Crippen molar-refractivity contribution in [1.82, 2.24) is 4.90 Å². The van der Waals surface area contributed by atoms with E-state index in [1.54, 1.807) is 0 Å². The molecule has 0 saturated carbocycles. The number of benzene rings is 2. The Morgan fingerprint density at radius 3 is 2.12 bits per heavy atom. The van der Waals surface area contributed by atoms with E-state index in [2.05, 4.69) is 0 Å². The molecular formula is C19H16N2O4. The molecule has 0 spiro atoms. The fraction of sp³-hybridized carbons (Fsp3) is 0.211. The first-order valence-electron chi connectivity index (χ1n) is 7.74. The first kappa shape index (κ1) is 16.5. The van der Waals surface area contributed by atoms with Crippen LogP contribution < -0.4 is 0 Å². The van der Waals surface area contributed by atoms with Gasteiger partial charge >= 0.3 is 12.1 Å². The largest absolute Gasteiger partial charge is 0.480 e. The highest BCUT2D eigenvalue weighted by atomic mass is 16.5. The normalized spacial score (nSPS) is 13.3. The highest BCUT2D eigenvalue weighted by molar-refractivity contribution is 5.85. The minimum Gasteiger partial charge on any atom is -0.480 e. The molecule has 1 atom stereocenters. The van der Waals surface area contributed by atoms with Gasteiger partial charge in [0.2, 0.25) is 0 Å². The number of carbonyl (C=O) groups is 2. The SMILES string of the molecule is COC(=O)N(C1c2ccccc2-c2ccccc21)[C@@H](CC#N)C(=O)O. The van der Waals surface area contributed by atoms with Crippen molar-refractivity contribution in [2.45, 2.75) is 18.5 Å². The van der Waals surface area contributed by atoms with Crippen molar-refractivity contribution in [3.8, 4) is 17.2 Å². The Kier molecular flexibility index (Phi) is 4.40. The lowest BCUT2D eigenvalue weighted by atomic mass is 10.0. The number of amides is 1. The van der Waals surface area contributed by atoms with Gasteiger partial charge in [-0.25, -0.2) is 9.59 Å². The van der Waals surface area contributed by atoms with Crippen LogP contribution in [0.15, 0.2) is 48.5 Å².